The summed E-state index contributed by atoms with van der Waals surface area (Å²) in [5.74, 6) is 1.82. The predicted octanol–water partition coefficient (Wildman–Crippen LogP) is 2.65. The predicted molar refractivity (Wildman–Crippen MR) is 77.5 cm³/mol. The van der Waals surface area contributed by atoms with Gasteiger partial charge in [-0.1, -0.05) is 12.1 Å². The van der Waals surface area contributed by atoms with Gasteiger partial charge in [0.05, 0.1) is 7.11 Å². The zero-order chi connectivity index (χ0) is 13.7. The number of aryl methyl sites for hydroxylation is 1. The summed E-state index contributed by atoms with van der Waals surface area (Å²) in [5.41, 5.74) is 4.23. The third kappa shape index (κ3) is 1.62. The van der Waals surface area contributed by atoms with E-state index in [0.29, 0.717) is 17.9 Å². The Kier molecular flexibility index (Phi) is 2.62. The first-order chi connectivity index (χ1) is 9.78. The number of rotatable bonds is 1. The Hall–Kier alpha value is -1.77. The van der Waals surface area contributed by atoms with E-state index in [1.807, 2.05) is 6.07 Å². The van der Waals surface area contributed by atoms with Crippen molar-refractivity contribution >= 4 is 11.5 Å². The van der Waals surface area contributed by atoms with Crippen molar-refractivity contribution in [2.75, 3.05) is 13.7 Å². The molecule has 0 N–H and O–H groups in total. The topological polar surface area (TPSA) is 29.5 Å². The first kappa shape index (κ1) is 12.0. The zero-order valence-corrected chi connectivity index (χ0v) is 11.8. The van der Waals surface area contributed by atoms with Crippen molar-refractivity contribution in [3.05, 3.63) is 35.4 Å². The molecule has 104 valence electrons. The van der Waals surface area contributed by atoms with Gasteiger partial charge in [-0.25, -0.2) is 0 Å². The molecule has 1 fully saturated rings. The van der Waals surface area contributed by atoms with Crippen LogP contribution in [0, 0.1) is 5.92 Å². The second kappa shape index (κ2) is 4.37. The largest absolute Gasteiger partial charge is 0.497 e. The molecule has 20 heavy (non-hydrogen) atoms. The summed E-state index contributed by atoms with van der Waals surface area (Å²) in [5, 5.41) is 0. The van der Waals surface area contributed by atoms with Crippen molar-refractivity contribution in [2.24, 2.45) is 5.92 Å². The molecule has 1 aromatic rings. The Balaban J connectivity index is 1.75. The molecule has 1 aliphatic carbocycles. The van der Waals surface area contributed by atoms with E-state index in [-0.39, 0.29) is 0 Å². The standard InChI is InChI=1S/C17H19NO2/c1-20-12-3-5-13-11(10-12)2-4-15-14(13)8-9-18-16(15)6-7-17(18)19/h3,5,8,10,15-16H,2,4,6-7,9H2,1H3/t15-,16-/m1/s1. The first-order valence-corrected chi connectivity index (χ1v) is 7.45. The fourth-order valence-corrected chi connectivity index (χ4v) is 4.12. The lowest BCUT2D eigenvalue weighted by molar-refractivity contribution is -0.129. The minimum atomic E-state index is 0.339. The summed E-state index contributed by atoms with van der Waals surface area (Å²) in [4.78, 5) is 14.0. The Morgan fingerprint density at radius 1 is 1.25 bits per heavy atom. The number of hydrogen-bond acceptors (Lipinski definition) is 2. The average molecular weight is 269 g/mol. The summed E-state index contributed by atoms with van der Waals surface area (Å²) in [6, 6.07) is 6.85. The van der Waals surface area contributed by atoms with Gasteiger partial charge in [-0.05, 0) is 48.1 Å². The normalized spacial score (nSPS) is 27.6. The van der Waals surface area contributed by atoms with Crippen LogP contribution in [-0.2, 0) is 11.2 Å². The van der Waals surface area contributed by atoms with E-state index in [1.54, 1.807) is 7.11 Å². The minimum absolute atomic E-state index is 0.339. The van der Waals surface area contributed by atoms with Crippen LogP contribution in [0.15, 0.2) is 24.3 Å². The highest BCUT2D eigenvalue weighted by Crippen LogP contribution is 2.44. The van der Waals surface area contributed by atoms with E-state index in [0.717, 1.165) is 38.0 Å². The highest BCUT2D eigenvalue weighted by molar-refractivity contribution is 5.82. The lowest BCUT2D eigenvalue weighted by atomic mass is 9.73. The van der Waals surface area contributed by atoms with Gasteiger partial charge in [-0.3, -0.25) is 4.79 Å². The monoisotopic (exact) mass is 269 g/mol. The van der Waals surface area contributed by atoms with E-state index in [4.69, 9.17) is 4.74 Å². The lowest BCUT2D eigenvalue weighted by Crippen LogP contribution is -2.43. The molecule has 0 spiro atoms. The van der Waals surface area contributed by atoms with E-state index in [2.05, 4.69) is 23.1 Å². The number of ether oxygens (including phenoxy) is 1. The van der Waals surface area contributed by atoms with Crippen molar-refractivity contribution in [2.45, 2.75) is 31.7 Å². The zero-order valence-electron chi connectivity index (χ0n) is 11.8. The summed E-state index contributed by atoms with van der Waals surface area (Å²) in [7, 11) is 1.72. The van der Waals surface area contributed by atoms with Gasteiger partial charge in [0, 0.05) is 24.9 Å². The second-order valence-electron chi connectivity index (χ2n) is 5.98. The Labute approximate surface area is 119 Å². The molecule has 0 saturated carbocycles. The molecule has 1 aromatic carbocycles. The first-order valence-electron chi connectivity index (χ1n) is 7.45. The maximum absolute atomic E-state index is 11.9. The van der Waals surface area contributed by atoms with Crippen LogP contribution < -0.4 is 4.74 Å². The Bertz CT molecular complexity index is 605. The van der Waals surface area contributed by atoms with E-state index in [1.165, 1.54) is 16.7 Å². The maximum atomic E-state index is 11.9. The number of amides is 1. The van der Waals surface area contributed by atoms with Crippen LogP contribution in [0.2, 0.25) is 0 Å². The molecule has 3 heteroatoms. The highest BCUT2D eigenvalue weighted by atomic mass is 16.5. The molecule has 2 atom stereocenters. The van der Waals surface area contributed by atoms with Crippen molar-refractivity contribution < 1.29 is 9.53 Å². The molecule has 0 radical (unpaired) electrons. The number of carbonyl (C=O) groups excluding carboxylic acids is 1. The number of nitrogens with zero attached hydrogens (tertiary/aromatic N) is 1. The van der Waals surface area contributed by atoms with Crippen LogP contribution in [0.3, 0.4) is 0 Å². The Morgan fingerprint density at radius 3 is 3.00 bits per heavy atom. The van der Waals surface area contributed by atoms with Crippen LogP contribution >= 0.6 is 0 Å². The van der Waals surface area contributed by atoms with E-state index in [9.17, 15) is 4.79 Å². The fraction of sp³-hybridized carbons (Fsp3) is 0.471. The van der Waals surface area contributed by atoms with Gasteiger partial charge in [0.25, 0.3) is 0 Å². The van der Waals surface area contributed by atoms with E-state index >= 15 is 0 Å². The van der Waals surface area contributed by atoms with Gasteiger partial charge >= 0.3 is 0 Å². The van der Waals surface area contributed by atoms with Gasteiger partial charge in [0.2, 0.25) is 5.91 Å². The second-order valence-corrected chi connectivity index (χ2v) is 5.98. The fourth-order valence-electron chi connectivity index (χ4n) is 4.12. The molecule has 2 aliphatic heterocycles. The van der Waals surface area contributed by atoms with Crippen molar-refractivity contribution in [1.29, 1.82) is 0 Å². The molecule has 1 saturated heterocycles. The number of methoxy groups -OCH3 is 1. The number of hydrogen-bond donors (Lipinski definition) is 0. The number of fused-ring (bicyclic) bond motifs is 5. The van der Waals surface area contributed by atoms with Crippen LogP contribution in [0.25, 0.3) is 5.57 Å². The van der Waals surface area contributed by atoms with Crippen LogP contribution in [0.4, 0.5) is 0 Å². The molecule has 0 unspecified atom stereocenters. The van der Waals surface area contributed by atoms with Gasteiger partial charge in [0.1, 0.15) is 5.75 Å². The number of carbonyl (C=O) groups is 1. The SMILES string of the molecule is COc1ccc2c(c1)CC[C@@H]1C2=CCN2C(=O)CC[C@H]12. The summed E-state index contributed by atoms with van der Waals surface area (Å²) < 4.78 is 5.33. The molecule has 3 aliphatic rings. The van der Waals surface area contributed by atoms with Crippen molar-refractivity contribution in [3.8, 4) is 5.75 Å². The molecule has 2 heterocycles. The maximum Gasteiger partial charge on any atom is 0.223 e. The van der Waals surface area contributed by atoms with Crippen molar-refractivity contribution in [1.82, 2.24) is 4.90 Å². The highest BCUT2D eigenvalue weighted by Gasteiger charge is 2.41. The van der Waals surface area contributed by atoms with Crippen LogP contribution in [-0.4, -0.2) is 30.5 Å². The molecule has 3 nitrogen and oxygen atoms in total. The van der Waals surface area contributed by atoms with Gasteiger partial charge < -0.3 is 9.64 Å². The lowest BCUT2D eigenvalue weighted by Gasteiger charge is -2.40. The minimum Gasteiger partial charge on any atom is -0.497 e. The molecular weight excluding hydrogens is 250 g/mol. The smallest absolute Gasteiger partial charge is 0.223 e. The molecule has 1 amide bonds. The number of benzene rings is 1. The van der Waals surface area contributed by atoms with Gasteiger partial charge in [0.15, 0.2) is 0 Å². The summed E-state index contributed by atoms with van der Waals surface area (Å²) in [6.45, 7) is 0.792. The summed E-state index contributed by atoms with van der Waals surface area (Å²) >= 11 is 0. The van der Waals surface area contributed by atoms with Crippen LogP contribution in [0.1, 0.15) is 30.4 Å². The van der Waals surface area contributed by atoms with Gasteiger partial charge in [-0.15, -0.1) is 0 Å². The Morgan fingerprint density at radius 2 is 2.15 bits per heavy atom. The van der Waals surface area contributed by atoms with Gasteiger partial charge in [-0.2, -0.15) is 0 Å². The molecular formula is C17H19NO2. The quantitative estimate of drug-likeness (QED) is 0.784. The molecule has 4 rings (SSSR count). The molecule has 0 aromatic heterocycles. The van der Waals surface area contributed by atoms with E-state index < -0.39 is 0 Å². The summed E-state index contributed by atoms with van der Waals surface area (Å²) in [6.07, 6.45) is 6.28. The third-order valence-electron chi connectivity index (χ3n) is 5.09. The van der Waals surface area contributed by atoms with Crippen LogP contribution in [0.5, 0.6) is 5.75 Å². The third-order valence-corrected chi connectivity index (χ3v) is 5.09. The van der Waals surface area contributed by atoms with Crippen molar-refractivity contribution in [3.63, 3.8) is 0 Å². The molecule has 0 bridgehead atoms. The average Bonchev–Trinajstić information content (AvgIpc) is 2.88.